The number of aromatic nitrogens is 1. The average Bonchev–Trinajstić information content (AvgIpc) is 2.43. The van der Waals surface area contributed by atoms with Crippen molar-refractivity contribution in [2.45, 2.75) is 6.18 Å². The van der Waals surface area contributed by atoms with Crippen LogP contribution in [0.2, 0.25) is 0 Å². The second-order valence-corrected chi connectivity index (χ2v) is 4.28. The van der Waals surface area contributed by atoms with Crippen LogP contribution in [0, 0.1) is 0 Å². The fraction of sp³-hybridized carbons (Fsp3) is 0.231. The van der Waals surface area contributed by atoms with Crippen LogP contribution in [0.5, 0.6) is 5.75 Å². The number of fused-ring (bicyclic) bond motifs is 1. The number of alkyl halides is 3. The molecule has 0 saturated carbocycles. The lowest BCUT2D eigenvalue weighted by molar-refractivity contribution is -0.136. The summed E-state index contributed by atoms with van der Waals surface area (Å²) < 4.78 is 44.0. The summed E-state index contributed by atoms with van der Waals surface area (Å²) in [5.41, 5.74) is -3.35. The summed E-state index contributed by atoms with van der Waals surface area (Å²) in [6, 6.07) is 3.06. The van der Waals surface area contributed by atoms with Crippen LogP contribution in [0.4, 0.5) is 13.2 Å². The Hall–Kier alpha value is -2.51. The quantitative estimate of drug-likeness (QED) is 0.819. The first-order valence-electron chi connectivity index (χ1n) is 5.70. The molecule has 0 spiro atoms. The maximum atomic E-state index is 13.0. The summed E-state index contributed by atoms with van der Waals surface area (Å²) in [6.07, 6.45) is -4.71. The molecule has 1 heterocycles. The first kappa shape index (κ1) is 14.9. The standard InChI is InChI=1S/C13H10F3NO4/c1-17-9-6(4-3-5-7(9)13(14,15)16)10(18)8(11(17)19)12(20)21-2/h3-5,18H,1-2H3. The molecule has 1 N–H and O–H groups in total. The number of benzene rings is 1. The Balaban J connectivity index is 3.03. The van der Waals surface area contributed by atoms with E-state index in [0.717, 1.165) is 26.3 Å². The number of hydrogen-bond acceptors (Lipinski definition) is 4. The zero-order valence-electron chi connectivity index (χ0n) is 11.0. The molecule has 0 saturated heterocycles. The van der Waals surface area contributed by atoms with Gasteiger partial charge in [-0.25, -0.2) is 4.79 Å². The molecule has 21 heavy (non-hydrogen) atoms. The van der Waals surface area contributed by atoms with E-state index in [1.54, 1.807) is 0 Å². The van der Waals surface area contributed by atoms with Crippen molar-refractivity contribution in [2.75, 3.05) is 7.11 Å². The molecule has 2 aromatic rings. The highest BCUT2D eigenvalue weighted by atomic mass is 19.4. The third-order valence-corrected chi connectivity index (χ3v) is 3.08. The number of nitrogens with zero attached hydrogens (tertiary/aromatic N) is 1. The largest absolute Gasteiger partial charge is 0.506 e. The number of pyridine rings is 1. The van der Waals surface area contributed by atoms with Crippen molar-refractivity contribution >= 4 is 16.9 Å². The first-order chi connectivity index (χ1) is 9.70. The maximum absolute atomic E-state index is 13.0. The number of halogens is 3. The van der Waals surface area contributed by atoms with Gasteiger partial charge in [-0.2, -0.15) is 13.2 Å². The van der Waals surface area contributed by atoms with Gasteiger partial charge in [0, 0.05) is 12.4 Å². The Bertz CT molecular complexity index is 793. The molecule has 0 aliphatic rings. The van der Waals surface area contributed by atoms with Crippen molar-refractivity contribution in [3.8, 4) is 5.75 Å². The smallest absolute Gasteiger partial charge is 0.418 e. The number of esters is 1. The normalized spacial score (nSPS) is 11.7. The molecule has 112 valence electrons. The fourth-order valence-corrected chi connectivity index (χ4v) is 2.12. The van der Waals surface area contributed by atoms with E-state index in [1.807, 2.05) is 0 Å². The number of ether oxygens (including phenoxy) is 1. The second-order valence-electron chi connectivity index (χ2n) is 4.28. The van der Waals surface area contributed by atoms with Gasteiger partial charge in [-0.15, -0.1) is 0 Å². The van der Waals surface area contributed by atoms with Crippen LogP contribution in [0.1, 0.15) is 15.9 Å². The van der Waals surface area contributed by atoms with Gasteiger partial charge in [0.15, 0.2) is 5.56 Å². The number of hydrogen-bond donors (Lipinski definition) is 1. The SMILES string of the molecule is COC(=O)c1c(O)c2cccc(C(F)(F)F)c2n(C)c1=O. The molecular weight excluding hydrogens is 291 g/mol. The van der Waals surface area contributed by atoms with Crippen molar-refractivity contribution in [2.24, 2.45) is 7.05 Å². The zero-order chi connectivity index (χ0) is 15.9. The topological polar surface area (TPSA) is 68.5 Å². The van der Waals surface area contributed by atoms with Gasteiger partial charge in [-0.3, -0.25) is 4.79 Å². The van der Waals surface area contributed by atoms with Crippen molar-refractivity contribution in [1.82, 2.24) is 4.57 Å². The number of carbonyl (C=O) groups excluding carboxylic acids is 1. The van der Waals surface area contributed by atoms with Gasteiger partial charge < -0.3 is 14.4 Å². The Morgan fingerprint density at radius 3 is 2.48 bits per heavy atom. The van der Waals surface area contributed by atoms with Gasteiger partial charge >= 0.3 is 12.1 Å². The molecule has 5 nitrogen and oxygen atoms in total. The van der Waals surface area contributed by atoms with Gasteiger partial charge in [0.1, 0.15) is 5.75 Å². The monoisotopic (exact) mass is 301 g/mol. The van der Waals surface area contributed by atoms with Gasteiger partial charge in [0.05, 0.1) is 18.2 Å². The highest BCUT2D eigenvalue weighted by molar-refractivity contribution is 6.00. The maximum Gasteiger partial charge on any atom is 0.418 e. The van der Waals surface area contributed by atoms with Gasteiger partial charge in [0.2, 0.25) is 0 Å². The molecule has 8 heteroatoms. The molecule has 0 fully saturated rings. The summed E-state index contributed by atoms with van der Waals surface area (Å²) in [5, 5.41) is 9.71. The number of rotatable bonds is 1. The fourth-order valence-electron chi connectivity index (χ4n) is 2.12. The molecular formula is C13H10F3NO4. The minimum Gasteiger partial charge on any atom is -0.506 e. The van der Waals surface area contributed by atoms with E-state index in [9.17, 15) is 27.9 Å². The van der Waals surface area contributed by atoms with Crippen LogP contribution in [0.25, 0.3) is 10.9 Å². The predicted octanol–water partition coefficient (Wildman–Crippen LogP) is 2.05. The van der Waals surface area contributed by atoms with E-state index in [1.165, 1.54) is 6.07 Å². The lowest BCUT2D eigenvalue weighted by Gasteiger charge is -2.15. The molecule has 0 atom stereocenters. The van der Waals surface area contributed by atoms with E-state index < -0.39 is 40.1 Å². The minimum atomic E-state index is -4.71. The van der Waals surface area contributed by atoms with Crippen LogP contribution in [-0.4, -0.2) is 22.8 Å². The predicted molar refractivity (Wildman–Crippen MR) is 67.2 cm³/mol. The van der Waals surface area contributed by atoms with E-state index in [4.69, 9.17) is 0 Å². The number of carbonyl (C=O) groups is 1. The molecule has 0 unspecified atom stereocenters. The number of aryl methyl sites for hydroxylation is 1. The summed E-state index contributed by atoms with van der Waals surface area (Å²) in [7, 11) is 2.09. The van der Waals surface area contributed by atoms with Gasteiger partial charge in [0.25, 0.3) is 5.56 Å². The molecule has 0 bridgehead atoms. The van der Waals surface area contributed by atoms with Crippen LogP contribution in [-0.2, 0) is 18.0 Å². The average molecular weight is 301 g/mol. The second kappa shape index (κ2) is 4.80. The zero-order valence-corrected chi connectivity index (χ0v) is 11.0. The lowest BCUT2D eigenvalue weighted by atomic mass is 10.1. The Labute approximate surface area is 116 Å². The van der Waals surface area contributed by atoms with Crippen molar-refractivity contribution in [3.05, 3.63) is 39.7 Å². The van der Waals surface area contributed by atoms with E-state index in [2.05, 4.69) is 4.74 Å². The van der Waals surface area contributed by atoms with Gasteiger partial charge in [-0.1, -0.05) is 6.07 Å². The highest BCUT2D eigenvalue weighted by Gasteiger charge is 2.35. The molecule has 1 aromatic heterocycles. The van der Waals surface area contributed by atoms with Crippen LogP contribution < -0.4 is 5.56 Å². The summed E-state index contributed by atoms with van der Waals surface area (Å²) in [4.78, 5) is 23.5. The van der Waals surface area contributed by atoms with Gasteiger partial charge in [-0.05, 0) is 12.1 Å². The van der Waals surface area contributed by atoms with Crippen molar-refractivity contribution < 1.29 is 27.8 Å². The van der Waals surface area contributed by atoms with E-state index in [0.29, 0.717) is 4.57 Å². The van der Waals surface area contributed by atoms with Crippen LogP contribution in [0.15, 0.2) is 23.0 Å². The molecule has 1 aromatic carbocycles. The molecule has 2 rings (SSSR count). The summed E-state index contributed by atoms with van der Waals surface area (Å²) in [5.74, 6) is -1.95. The third kappa shape index (κ3) is 2.22. The summed E-state index contributed by atoms with van der Waals surface area (Å²) in [6.45, 7) is 0. The van der Waals surface area contributed by atoms with E-state index >= 15 is 0 Å². The Kier molecular flexibility index (Phi) is 3.40. The molecule has 0 aliphatic heterocycles. The minimum absolute atomic E-state index is 0.257. The third-order valence-electron chi connectivity index (χ3n) is 3.08. The number of para-hydroxylation sites is 1. The highest BCUT2D eigenvalue weighted by Crippen LogP contribution is 2.37. The Morgan fingerprint density at radius 1 is 1.33 bits per heavy atom. The molecule has 0 amide bonds. The van der Waals surface area contributed by atoms with Crippen molar-refractivity contribution in [3.63, 3.8) is 0 Å². The summed E-state index contributed by atoms with van der Waals surface area (Å²) >= 11 is 0. The first-order valence-corrected chi connectivity index (χ1v) is 5.70. The van der Waals surface area contributed by atoms with E-state index in [-0.39, 0.29) is 5.39 Å². The number of aromatic hydroxyl groups is 1. The molecule has 0 aliphatic carbocycles. The lowest BCUT2D eigenvalue weighted by Crippen LogP contribution is -2.27. The molecule has 0 radical (unpaired) electrons. The van der Waals surface area contributed by atoms with Crippen molar-refractivity contribution in [1.29, 1.82) is 0 Å². The van der Waals surface area contributed by atoms with Crippen LogP contribution in [0.3, 0.4) is 0 Å². The Morgan fingerprint density at radius 2 is 1.95 bits per heavy atom. The van der Waals surface area contributed by atoms with Crippen LogP contribution >= 0.6 is 0 Å². The number of methoxy groups -OCH3 is 1.